The molecule has 1 aromatic heterocycles. The van der Waals surface area contributed by atoms with Gasteiger partial charge in [0.05, 0.1) is 5.52 Å². The van der Waals surface area contributed by atoms with Gasteiger partial charge in [0, 0.05) is 35.1 Å². The molecule has 0 aliphatic rings. The number of benzene rings is 2. The largest absolute Gasteiger partial charge is 0.326 e. The Morgan fingerprint density at radius 2 is 1.74 bits per heavy atom. The third-order valence-corrected chi connectivity index (χ3v) is 5.02. The van der Waals surface area contributed by atoms with Crippen LogP contribution in [0.4, 0.5) is 5.69 Å². The van der Waals surface area contributed by atoms with Crippen LogP contribution in [0.3, 0.4) is 0 Å². The van der Waals surface area contributed by atoms with Gasteiger partial charge in [-0.3, -0.25) is 9.59 Å². The van der Waals surface area contributed by atoms with Gasteiger partial charge in [0.15, 0.2) is 0 Å². The minimum atomic E-state index is -0.147. The van der Waals surface area contributed by atoms with Crippen molar-refractivity contribution in [3.63, 3.8) is 0 Å². The van der Waals surface area contributed by atoms with Crippen molar-refractivity contribution >= 4 is 34.1 Å². The van der Waals surface area contributed by atoms with E-state index in [9.17, 15) is 9.59 Å². The van der Waals surface area contributed by atoms with Gasteiger partial charge < -0.3 is 9.88 Å². The first kappa shape index (κ1) is 19.2. The van der Waals surface area contributed by atoms with E-state index in [1.165, 1.54) is 0 Å². The number of nitrogens with one attached hydrogen (secondary N) is 1. The van der Waals surface area contributed by atoms with E-state index in [2.05, 4.69) is 17.4 Å². The first-order chi connectivity index (χ1) is 12.8. The van der Waals surface area contributed by atoms with E-state index in [4.69, 9.17) is 11.6 Å². The number of carbonyl (C=O) groups is 1. The van der Waals surface area contributed by atoms with Crippen molar-refractivity contribution < 1.29 is 4.79 Å². The Morgan fingerprint density at radius 3 is 2.48 bits per heavy atom. The minimum absolute atomic E-state index is 0.0845. The lowest BCUT2D eigenvalue weighted by molar-refractivity contribution is -0.116. The third-order valence-electron chi connectivity index (χ3n) is 4.78. The molecule has 5 heteroatoms. The van der Waals surface area contributed by atoms with Gasteiger partial charge in [-0.1, -0.05) is 29.3 Å². The number of amides is 1. The van der Waals surface area contributed by atoms with Crippen LogP contribution in [0.1, 0.15) is 28.7 Å². The summed E-state index contributed by atoms with van der Waals surface area (Å²) in [5, 5.41) is 4.51. The number of carbonyl (C=O) groups excluding carboxylic acids is 1. The van der Waals surface area contributed by atoms with Crippen LogP contribution in [-0.2, 0) is 11.3 Å². The monoisotopic (exact) mass is 382 g/mol. The van der Waals surface area contributed by atoms with Gasteiger partial charge in [-0.2, -0.15) is 0 Å². The standard InChI is InChI=1S/C22H23ClN2O2/c1-13-9-16(4)22-18(10-13)15(3)11-21(27)25(22)8-7-20(26)24-19-12-17(23)6-5-14(19)2/h5-6,9-12H,7-8H2,1-4H3,(H,24,26). The predicted octanol–water partition coefficient (Wildman–Crippen LogP) is 4.92. The molecule has 0 radical (unpaired) electrons. The molecule has 0 unspecified atom stereocenters. The van der Waals surface area contributed by atoms with Crippen LogP contribution in [-0.4, -0.2) is 10.5 Å². The molecule has 0 atom stereocenters. The van der Waals surface area contributed by atoms with E-state index in [0.717, 1.165) is 33.2 Å². The van der Waals surface area contributed by atoms with Crippen molar-refractivity contribution in [1.29, 1.82) is 0 Å². The maximum atomic E-state index is 12.6. The highest BCUT2D eigenvalue weighted by atomic mass is 35.5. The molecular formula is C22H23ClN2O2. The number of hydrogen-bond acceptors (Lipinski definition) is 2. The van der Waals surface area contributed by atoms with Gasteiger partial charge in [0.25, 0.3) is 5.56 Å². The van der Waals surface area contributed by atoms with Gasteiger partial charge in [0.2, 0.25) is 5.91 Å². The second kappa shape index (κ2) is 7.57. The molecule has 1 heterocycles. The molecule has 27 heavy (non-hydrogen) atoms. The molecule has 1 N–H and O–H groups in total. The van der Waals surface area contributed by atoms with Crippen LogP contribution in [0.25, 0.3) is 10.9 Å². The first-order valence-corrected chi connectivity index (χ1v) is 9.31. The number of nitrogens with zero attached hydrogens (tertiary/aromatic N) is 1. The zero-order valence-electron chi connectivity index (χ0n) is 16.0. The lowest BCUT2D eigenvalue weighted by Gasteiger charge is -2.15. The van der Waals surface area contributed by atoms with Crippen molar-refractivity contribution in [1.82, 2.24) is 4.57 Å². The lowest BCUT2D eigenvalue weighted by atomic mass is 10.0. The van der Waals surface area contributed by atoms with E-state index in [1.54, 1.807) is 22.8 Å². The summed E-state index contributed by atoms with van der Waals surface area (Å²) < 4.78 is 1.70. The molecule has 0 saturated heterocycles. The predicted molar refractivity (Wildman–Crippen MR) is 112 cm³/mol. The first-order valence-electron chi connectivity index (χ1n) is 8.93. The Hall–Kier alpha value is -2.59. The summed E-state index contributed by atoms with van der Waals surface area (Å²) in [6.45, 7) is 8.23. The van der Waals surface area contributed by atoms with Crippen LogP contribution in [0.15, 0.2) is 41.2 Å². The van der Waals surface area contributed by atoms with Crippen LogP contribution in [0.2, 0.25) is 5.02 Å². The molecule has 3 rings (SSSR count). The second-order valence-corrected chi connectivity index (χ2v) is 7.49. The molecule has 0 fully saturated rings. The molecule has 4 nitrogen and oxygen atoms in total. The summed E-state index contributed by atoms with van der Waals surface area (Å²) >= 11 is 6.01. The van der Waals surface area contributed by atoms with Crippen LogP contribution >= 0.6 is 11.6 Å². The molecule has 0 aliphatic heterocycles. The Bertz CT molecular complexity index is 1100. The van der Waals surface area contributed by atoms with E-state index in [0.29, 0.717) is 17.3 Å². The van der Waals surface area contributed by atoms with Crippen molar-refractivity contribution in [2.24, 2.45) is 0 Å². The number of anilines is 1. The zero-order chi connectivity index (χ0) is 19.7. The number of rotatable bonds is 4. The van der Waals surface area contributed by atoms with E-state index < -0.39 is 0 Å². The third kappa shape index (κ3) is 4.06. The van der Waals surface area contributed by atoms with Crippen LogP contribution in [0.5, 0.6) is 0 Å². The Morgan fingerprint density at radius 1 is 1.00 bits per heavy atom. The van der Waals surface area contributed by atoms with Gasteiger partial charge in [-0.15, -0.1) is 0 Å². The summed E-state index contributed by atoms with van der Waals surface area (Å²) in [6, 6.07) is 11.2. The summed E-state index contributed by atoms with van der Waals surface area (Å²) in [5.41, 5.74) is 5.60. The molecule has 0 bridgehead atoms. The van der Waals surface area contributed by atoms with Gasteiger partial charge in [-0.05, 0) is 62.6 Å². The average Bonchev–Trinajstić information content (AvgIpc) is 2.58. The van der Waals surface area contributed by atoms with Crippen molar-refractivity contribution in [3.8, 4) is 0 Å². The number of aryl methyl sites for hydroxylation is 5. The van der Waals surface area contributed by atoms with Crippen LogP contribution < -0.4 is 10.9 Å². The highest BCUT2D eigenvalue weighted by Gasteiger charge is 2.12. The summed E-state index contributed by atoms with van der Waals surface area (Å²) in [4.78, 5) is 25.0. The van der Waals surface area contributed by atoms with E-state index >= 15 is 0 Å². The topological polar surface area (TPSA) is 51.1 Å². The Labute approximate surface area is 163 Å². The average molecular weight is 383 g/mol. The smallest absolute Gasteiger partial charge is 0.251 e. The number of fused-ring (bicyclic) bond motifs is 1. The summed E-state index contributed by atoms with van der Waals surface area (Å²) in [7, 11) is 0. The van der Waals surface area contributed by atoms with Gasteiger partial charge in [-0.25, -0.2) is 0 Å². The van der Waals surface area contributed by atoms with Gasteiger partial charge in [0.1, 0.15) is 0 Å². The maximum absolute atomic E-state index is 12.6. The number of aromatic nitrogens is 1. The lowest BCUT2D eigenvalue weighted by Crippen LogP contribution is -2.24. The minimum Gasteiger partial charge on any atom is -0.326 e. The number of hydrogen-bond donors (Lipinski definition) is 1. The van der Waals surface area contributed by atoms with Gasteiger partial charge >= 0.3 is 0 Å². The van der Waals surface area contributed by atoms with Crippen LogP contribution in [0, 0.1) is 27.7 Å². The normalized spacial score (nSPS) is 11.0. The molecule has 0 spiro atoms. The second-order valence-electron chi connectivity index (χ2n) is 7.05. The van der Waals surface area contributed by atoms with Crippen molar-refractivity contribution in [2.75, 3.05) is 5.32 Å². The van der Waals surface area contributed by atoms with Crippen molar-refractivity contribution in [3.05, 3.63) is 74.0 Å². The van der Waals surface area contributed by atoms with E-state index in [-0.39, 0.29) is 17.9 Å². The highest BCUT2D eigenvalue weighted by molar-refractivity contribution is 6.31. The molecule has 0 saturated carbocycles. The number of pyridine rings is 1. The fourth-order valence-electron chi connectivity index (χ4n) is 3.45. The number of halogens is 1. The summed E-state index contributed by atoms with van der Waals surface area (Å²) in [6.07, 6.45) is 0.206. The molecule has 3 aromatic rings. The fraction of sp³-hybridized carbons (Fsp3) is 0.273. The molecule has 2 aromatic carbocycles. The fourth-order valence-corrected chi connectivity index (χ4v) is 3.62. The van der Waals surface area contributed by atoms with Crippen molar-refractivity contribution in [2.45, 2.75) is 40.7 Å². The molecular weight excluding hydrogens is 360 g/mol. The Kier molecular flexibility index (Phi) is 5.38. The zero-order valence-corrected chi connectivity index (χ0v) is 16.8. The Balaban J connectivity index is 1.88. The highest BCUT2D eigenvalue weighted by Crippen LogP contribution is 2.23. The molecule has 1 amide bonds. The SMILES string of the molecule is Cc1cc(C)c2c(c1)c(C)cc(=O)n2CCC(=O)Nc1cc(Cl)ccc1C. The maximum Gasteiger partial charge on any atom is 0.251 e. The summed E-state index contributed by atoms with van der Waals surface area (Å²) in [5.74, 6) is -0.147. The van der Waals surface area contributed by atoms with E-state index in [1.807, 2.05) is 33.8 Å². The quantitative estimate of drug-likeness (QED) is 0.696. The molecule has 0 aliphatic carbocycles. The molecule has 140 valence electrons.